The van der Waals surface area contributed by atoms with E-state index in [0.717, 1.165) is 12.8 Å². The van der Waals surface area contributed by atoms with Crippen LogP contribution in [-0.4, -0.2) is 35.9 Å². The van der Waals surface area contributed by atoms with Gasteiger partial charge in [-0.3, -0.25) is 5.41 Å². The van der Waals surface area contributed by atoms with Crippen molar-refractivity contribution < 1.29 is 4.79 Å². The van der Waals surface area contributed by atoms with Crippen molar-refractivity contribution in [3.8, 4) is 0 Å². The first-order chi connectivity index (χ1) is 6.99. The van der Waals surface area contributed by atoms with Crippen molar-refractivity contribution in [3.05, 3.63) is 0 Å². The molecule has 0 spiro atoms. The van der Waals surface area contributed by atoms with Crippen LogP contribution in [0.15, 0.2) is 0 Å². The highest BCUT2D eigenvalue weighted by atomic mass is 16.2. The molecule has 0 fully saturated rings. The molecule has 15 heavy (non-hydrogen) atoms. The Morgan fingerprint density at radius 1 is 1.53 bits per heavy atom. The maximum absolute atomic E-state index is 11.7. The molecule has 0 aliphatic rings. The van der Waals surface area contributed by atoms with Crippen LogP contribution < -0.4 is 11.1 Å². The Morgan fingerprint density at radius 2 is 2.13 bits per heavy atom. The zero-order valence-corrected chi connectivity index (χ0v) is 9.84. The van der Waals surface area contributed by atoms with E-state index in [4.69, 9.17) is 11.1 Å². The molecule has 88 valence electrons. The van der Waals surface area contributed by atoms with Gasteiger partial charge in [-0.05, 0) is 20.3 Å². The summed E-state index contributed by atoms with van der Waals surface area (Å²) in [5.41, 5.74) is 5.29. The molecule has 0 aromatic carbocycles. The summed E-state index contributed by atoms with van der Waals surface area (Å²) in [4.78, 5) is 13.2. The first-order valence-corrected chi connectivity index (χ1v) is 5.36. The molecule has 2 amide bonds. The van der Waals surface area contributed by atoms with Gasteiger partial charge in [-0.15, -0.1) is 0 Å². The number of nitrogens with one attached hydrogen (secondary N) is 2. The fourth-order valence-electron chi connectivity index (χ4n) is 1.15. The minimum Gasteiger partial charge on any atom is -0.386 e. The number of amidine groups is 1. The largest absolute Gasteiger partial charge is 0.386 e. The van der Waals surface area contributed by atoms with Crippen LogP contribution in [0.2, 0.25) is 0 Å². The molecule has 0 saturated heterocycles. The Morgan fingerprint density at radius 3 is 2.53 bits per heavy atom. The molecule has 0 radical (unpaired) electrons. The molecule has 0 unspecified atom stereocenters. The third-order valence-corrected chi connectivity index (χ3v) is 2.03. The van der Waals surface area contributed by atoms with Crippen LogP contribution in [0.3, 0.4) is 0 Å². The lowest BCUT2D eigenvalue weighted by Gasteiger charge is -2.26. The molecule has 0 rings (SSSR count). The molecule has 0 heterocycles. The SMILES string of the molecule is CCCCNC(=O)N(CC(=N)N)C(C)C. The third-order valence-electron chi connectivity index (χ3n) is 2.03. The van der Waals surface area contributed by atoms with Crippen molar-refractivity contribution in [2.24, 2.45) is 5.73 Å². The Hall–Kier alpha value is -1.26. The summed E-state index contributed by atoms with van der Waals surface area (Å²) in [5.74, 6) is 0.00865. The smallest absolute Gasteiger partial charge is 0.318 e. The summed E-state index contributed by atoms with van der Waals surface area (Å²) in [6.45, 7) is 6.75. The van der Waals surface area contributed by atoms with Crippen molar-refractivity contribution in [3.63, 3.8) is 0 Å². The lowest BCUT2D eigenvalue weighted by atomic mass is 10.3. The predicted molar refractivity (Wildman–Crippen MR) is 62.1 cm³/mol. The Bertz CT molecular complexity index is 215. The number of carbonyl (C=O) groups excluding carboxylic acids is 1. The molecule has 0 aromatic heterocycles. The molecular formula is C10H22N4O. The van der Waals surface area contributed by atoms with Crippen molar-refractivity contribution in [1.82, 2.24) is 10.2 Å². The molecule has 4 N–H and O–H groups in total. The molecule has 5 heteroatoms. The monoisotopic (exact) mass is 214 g/mol. The summed E-state index contributed by atoms with van der Waals surface area (Å²) in [6.07, 6.45) is 2.02. The van der Waals surface area contributed by atoms with Gasteiger partial charge < -0.3 is 16.0 Å². The van der Waals surface area contributed by atoms with E-state index in [2.05, 4.69) is 12.2 Å². The number of rotatable bonds is 6. The minimum absolute atomic E-state index is 0.00865. The number of carbonyl (C=O) groups is 1. The average Bonchev–Trinajstić information content (AvgIpc) is 2.13. The fraction of sp³-hybridized carbons (Fsp3) is 0.800. The summed E-state index contributed by atoms with van der Waals surface area (Å²) in [7, 11) is 0. The van der Waals surface area contributed by atoms with Gasteiger partial charge in [0.2, 0.25) is 0 Å². The molecule has 0 aliphatic heterocycles. The summed E-state index contributed by atoms with van der Waals surface area (Å²) in [5, 5.41) is 9.99. The van der Waals surface area contributed by atoms with Gasteiger partial charge in [-0.25, -0.2) is 4.79 Å². The number of nitrogens with two attached hydrogens (primary N) is 1. The minimum atomic E-state index is -0.145. The molecule has 0 saturated carbocycles. The van der Waals surface area contributed by atoms with E-state index in [1.54, 1.807) is 4.90 Å². The Kier molecular flexibility index (Phi) is 6.49. The number of nitrogens with zero attached hydrogens (tertiary/aromatic N) is 1. The van der Waals surface area contributed by atoms with Crippen LogP contribution in [0.1, 0.15) is 33.6 Å². The van der Waals surface area contributed by atoms with Gasteiger partial charge in [-0.1, -0.05) is 13.3 Å². The van der Waals surface area contributed by atoms with Crippen molar-refractivity contribution >= 4 is 11.9 Å². The van der Waals surface area contributed by atoms with Crippen molar-refractivity contribution in [2.45, 2.75) is 39.7 Å². The van der Waals surface area contributed by atoms with Gasteiger partial charge in [-0.2, -0.15) is 0 Å². The summed E-state index contributed by atoms with van der Waals surface area (Å²) >= 11 is 0. The molecule has 0 aromatic rings. The number of amides is 2. The molecule has 0 atom stereocenters. The zero-order valence-electron chi connectivity index (χ0n) is 9.84. The number of unbranched alkanes of at least 4 members (excludes halogenated alkanes) is 1. The molecular weight excluding hydrogens is 192 g/mol. The van der Waals surface area contributed by atoms with E-state index in [0.29, 0.717) is 6.54 Å². The second kappa shape index (κ2) is 7.09. The van der Waals surface area contributed by atoms with Crippen LogP contribution in [0.25, 0.3) is 0 Å². The standard InChI is InChI=1S/C10H22N4O/c1-4-5-6-13-10(15)14(8(2)3)7-9(11)12/h8H,4-7H2,1-3H3,(H3,11,12)(H,13,15). The Balaban J connectivity index is 4.11. The lowest BCUT2D eigenvalue weighted by molar-refractivity contribution is 0.192. The predicted octanol–water partition coefficient (Wildman–Crippen LogP) is 1.14. The van der Waals surface area contributed by atoms with E-state index in [1.165, 1.54) is 0 Å². The molecule has 0 bridgehead atoms. The van der Waals surface area contributed by atoms with Crippen LogP contribution >= 0.6 is 0 Å². The highest BCUT2D eigenvalue weighted by molar-refractivity contribution is 5.84. The van der Waals surface area contributed by atoms with Gasteiger partial charge in [0.25, 0.3) is 0 Å². The number of urea groups is 1. The Labute approximate surface area is 91.5 Å². The van der Waals surface area contributed by atoms with Gasteiger partial charge in [0.1, 0.15) is 5.84 Å². The van der Waals surface area contributed by atoms with E-state index in [-0.39, 0.29) is 24.5 Å². The first-order valence-electron chi connectivity index (χ1n) is 5.36. The van der Waals surface area contributed by atoms with Crippen LogP contribution in [0.4, 0.5) is 4.79 Å². The summed E-state index contributed by atoms with van der Waals surface area (Å²) in [6, 6.07) is -0.0934. The van der Waals surface area contributed by atoms with Crippen LogP contribution in [0, 0.1) is 5.41 Å². The highest BCUT2D eigenvalue weighted by Crippen LogP contribution is 1.98. The maximum atomic E-state index is 11.7. The normalized spacial score (nSPS) is 10.1. The van der Waals surface area contributed by atoms with Crippen LogP contribution in [0.5, 0.6) is 0 Å². The van der Waals surface area contributed by atoms with Crippen LogP contribution in [-0.2, 0) is 0 Å². The van der Waals surface area contributed by atoms with Gasteiger partial charge >= 0.3 is 6.03 Å². The zero-order chi connectivity index (χ0) is 11.8. The lowest BCUT2D eigenvalue weighted by Crippen LogP contribution is -2.47. The second-order valence-corrected chi connectivity index (χ2v) is 3.83. The van der Waals surface area contributed by atoms with E-state index in [9.17, 15) is 4.79 Å². The van der Waals surface area contributed by atoms with Gasteiger partial charge in [0.15, 0.2) is 0 Å². The molecule has 0 aliphatic carbocycles. The summed E-state index contributed by atoms with van der Waals surface area (Å²) < 4.78 is 0. The third kappa shape index (κ3) is 5.93. The van der Waals surface area contributed by atoms with Gasteiger partial charge in [0, 0.05) is 12.6 Å². The quantitative estimate of drug-likeness (QED) is 0.352. The maximum Gasteiger partial charge on any atom is 0.318 e. The van der Waals surface area contributed by atoms with Crippen molar-refractivity contribution in [1.29, 1.82) is 5.41 Å². The van der Waals surface area contributed by atoms with E-state index >= 15 is 0 Å². The van der Waals surface area contributed by atoms with E-state index < -0.39 is 0 Å². The number of hydrogen-bond donors (Lipinski definition) is 3. The average molecular weight is 214 g/mol. The van der Waals surface area contributed by atoms with E-state index in [1.807, 2.05) is 13.8 Å². The second-order valence-electron chi connectivity index (χ2n) is 3.83. The topological polar surface area (TPSA) is 82.2 Å². The highest BCUT2D eigenvalue weighted by Gasteiger charge is 2.16. The number of hydrogen-bond acceptors (Lipinski definition) is 2. The van der Waals surface area contributed by atoms with Gasteiger partial charge in [0.05, 0.1) is 6.54 Å². The molecule has 5 nitrogen and oxygen atoms in total. The van der Waals surface area contributed by atoms with Crippen molar-refractivity contribution in [2.75, 3.05) is 13.1 Å². The first kappa shape index (κ1) is 13.7. The fourth-order valence-corrected chi connectivity index (χ4v) is 1.15.